The average Bonchev–Trinajstić information content (AvgIpc) is 2.54. The Labute approximate surface area is 118 Å². The van der Waals surface area contributed by atoms with Gasteiger partial charge in [-0.05, 0) is 35.7 Å². The average molecular weight is 318 g/mol. The number of aromatic nitrogens is 2. The van der Waals surface area contributed by atoms with Crippen LogP contribution in [0, 0.1) is 12.8 Å². The molecule has 0 spiro atoms. The first-order chi connectivity index (χ1) is 8.47. The molecular weight excluding hydrogens is 294 g/mol. The maximum absolute atomic E-state index is 5.51. The summed E-state index contributed by atoms with van der Waals surface area (Å²) in [5, 5.41) is 7.94. The van der Waals surface area contributed by atoms with Crippen LogP contribution in [-0.4, -0.2) is 29.0 Å². The van der Waals surface area contributed by atoms with Gasteiger partial charge >= 0.3 is 0 Å². The number of halogens is 1. The van der Waals surface area contributed by atoms with Crippen LogP contribution in [0.1, 0.15) is 32.2 Å². The maximum Gasteiger partial charge on any atom is 0.0739 e. The molecule has 0 fully saturated rings. The predicted octanol–water partition coefficient (Wildman–Crippen LogP) is 2.64. The largest absolute Gasteiger partial charge is 0.380 e. The lowest BCUT2D eigenvalue weighted by Gasteiger charge is -2.22. The summed E-state index contributed by atoms with van der Waals surface area (Å²) < 4.78 is 8.53. The van der Waals surface area contributed by atoms with Crippen molar-refractivity contribution in [2.45, 2.75) is 40.3 Å². The first-order valence-electron chi connectivity index (χ1n) is 6.46. The second-order valence-electron chi connectivity index (χ2n) is 4.86. The molecule has 1 heterocycles. The number of hydrogen-bond donors (Lipinski definition) is 1. The van der Waals surface area contributed by atoms with E-state index in [0.717, 1.165) is 29.9 Å². The third-order valence-electron chi connectivity index (χ3n) is 3.10. The van der Waals surface area contributed by atoms with Crippen molar-refractivity contribution in [3.63, 3.8) is 0 Å². The van der Waals surface area contributed by atoms with Gasteiger partial charge < -0.3 is 10.1 Å². The zero-order chi connectivity index (χ0) is 13.7. The van der Waals surface area contributed by atoms with Gasteiger partial charge in [0.2, 0.25) is 0 Å². The van der Waals surface area contributed by atoms with Crippen LogP contribution >= 0.6 is 15.9 Å². The molecule has 1 rings (SSSR count). The molecule has 0 aliphatic carbocycles. The summed E-state index contributed by atoms with van der Waals surface area (Å²) in [6.07, 6.45) is 0. The number of hydrogen-bond acceptors (Lipinski definition) is 3. The van der Waals surface area contributed by atoms with Crippen LogP contribution in [0.2, 0.25) is 0 Å². The van der Waals surface area contributed by atoms with Gasteiger partial charge in [0, 0.05) is 26.2 Å². The van der Waals surface area contributed by atoms with Gasteiger partial charge in [-0.25, -0.2) is 0 Å². The molecule has 18 heavy (non-hydrogen) atoms. The molecule has 5 heteroatoms. The molecular formula is C13H24BrN3O. The van der Waals surface area contributed by atoms with E-state index >= 15 is 0 Å². The Morgan fingerprint density at radius 3 is 2.56 bits per heavy atom. The van der Waals surface area contributed by atoms with E-state index in [4.69, 9.17) is 4.74 Å². The second kappa shape index (κ2) is 7.26. The molecule has 0 saturated carbocycles. The number of nitrogens with zero attached hydrogens (tertiary/aromatic N) is 2. The van der Waals surface area contributed by atoms with Crippen molar-refractivity contribution in [2.75, 3.05) is 13.2 Å². The molecule has 0 aliphatic rings. The standard InChI is InChI=1S/C13H24BrN3O/c1-6-18-8-11(9(2)3)15-7-12-13(14)10(4)16-17(12)5/h9,11,15H,6-8H2,1-5H3. The van der Waals surface area contributed by atoms with Crippen LogP contribution in [0.25, 0.3) is 0 Å². The summed E-state index contributed by atoms with van der Waals surface area (Å²) in [4.78, 5) is 0. The van der Waals surface area contributed by atoms with E-state index < -0.39 is 0 Å². The van der Waals surface area contributed by atoms with E-state index in [-0.39, 0.29) is 0 Å². The highest BCUT2D eigenvalue weighted by Gasteiger charge is 2.16. The minimum Gasteiger partial charge on any atom is -0.380 e. The Bertz CT molecular complexity index is 377. The van der Waals surface area contributed by atoms with Crippen molar-refractivity contribution >= 4 is 15.9 Å². The van der Waals surface area contributed by atoms with E-state index in [1.54, 1.807) is 0 Å². The highest BCUT2D eigenvalue weighted by Crippen LogP contribution is 2.20. The van der Waals surface area contributed by atoms with Crippen molar-refractivity contribution in [1.82, 2.24) is 15.1 Å². The van der Waals surface area contributed by atoms with Crippen molar-refractivity contribution in [1.29, 1.82) is 0 Å². The Balaban J connectivity index is 2.61. The molecule has 1 atom stereocenters. The van der Waals surface area contributed by atoms with E-state index in [1.807, 2.05) is 25.6 Å². The highest BCUT2D eigenvalue weighted by atomic mass is 79.9. The fourth-order valence-corrected chi connectivity index (χ4v) is 2.31. The van der Waals surface area contributed by atoms with Gasteiger partial charge in [0.25, 0.3) is 0 Å². The molecule has 0 saturated heterocycles. The second-order valence-corrected chi connectivity index (χ2v) is 5.65. The Morgan fingerprint density at radius 2 is 2.11 bits per heavy atom. The van der Waals surface area contributed by atoms with E-state index in [9.17, 15) is 0 Å². The van der Waals surface area contributed by atoms with Crippen LogP contribution in [0.15, 0.2) is 4.47 Å². The summed E-state index contributed by atoms with van der Waals surface area (Å²) in [6, 6.07) is 0.368. The monoisotopic (exact) mass is 317 g/mol. The summed E-state index contributed by atoms with van der Waals surface area (Å²) in [5.41, 5.74) is 2.20. The maximum atomic E-state index is 5.51. The Morgan fingerprint density at radius 1 is 1.44 bits per heavy atom. The van der Waals surface area contributed by atoms with Gasteiger partial charge in [0.1, 0.15) is 0 Å². The van der Waals surface area contributed by atoms with Crippen LogP contribution in [0.3, 0.4) is 0 Å². The van der Waals surface area contributed by atoms with Crippen molar-refractivity contribution in [2.24, 2.45) is 13.0 Å². The van der Waals surface area contributed by atoms with Crippen LogP contribution < -0.4 is 5.32 Å². The van der Waals surface area contributed by atoms with Gasteiger partial charge in [-0.2, -0.15) is 5.10 Å². The zero-order valence-corrected chi connectivity index (χ0v) is 13.5. The molecule has 0 radical (unpaired) electrons. The minimum absolute atomic E-state index is 0.368. The fraction of sp³-hybridized carbons (Fsp3) is 0.769. The SMILES string of the molecule is CCOCC(NCc1c(Br)c(C)nn1C)C(C)C. The van der Waals surface area contributed by atoms with Crippen molar-refractivity contribution < 1.29 is 4.74 Å². The van der Waals surface area contributed by atoms with Crippen LogP contribution in [0.4, 0.5) is 0 Å². The topological polar surface area (TPSA) is 39.1 Å². The normalized spacial score (nSPS) is 13.3. The number of aryl methyl sites for hydroxylation is 2. The molecule has 1 N–H and O–H groups in total. The first-order valence-corrected chi connectivity index (χ1v) is 7.25. The number of nitrogens with one attached hydrogen (secondary N) is 1. The molecule has 104 valence electrons. The molecule has 0 bridgehead atoms. The smallest absolute Gasteiger partial charge is 0.0739 e. The minimum atomic E-state index is 0.368. The van der Waals surface area contributed by atoms with Gasteiger partial charge in [0.15, 0.2) is 0 Å². The van der Waals surface area contributed by atoms with Gasteiger partial charge in [-0.3, -0.25) is 4.68 Å². The fourth-order valence-electron chi connectivity index (χ4n) is 1.83. The molecule has 1 aromatic rings. The predicted molar refractivity (Wildman–Crippen MR) is 77.6 cm³/mol. The van der Waals surface area contributed by atoms with Crippen molar-refractivity contribution in [3.8, 4) is 0 Å². The molecule has 1 aromatic heterocycles. The number of rotatable bonds is 7. The van der Waals surface area contributed by atoms with Gasteiger partial charge in [0.05, 0.1) is 22.5 Å². The van der Waals surface area contributed by atoms with E-state index in [1.165, 1.54) is 5.69 Å². The van der Waals surface area contributed by atoms with E-state index in [0.29, 0.717) is 12.0 Å². The molecule has 4 nitrogen and oxygen atoms in total. The van der Waals surface area contributed by atoms with Crippen LogP contribution in [-0.2, 0) is 18.3 Å². The summed E-state index contributed by atoms with van der Waals surface area (Å²) in [5.74, 6) is 0.546. The lowest BCUT2D eigenvalue weighted by Crippen LogP contribution is -2.38. The van der Waals surface area contributed by atoms with Gasteiger partial charge in [-0.15, -0.1) is 0 Å². The van der Waals surface area contributed by atoms with Crippen LogP contribution in [0.5, 0.6) is 0 Å². The quantitative estimate of drug-likeness (QED) is 0.840. The summed E-state index contributed by atoms with van der Waals surface area (Å²) in [7, 11) is 1.97. The third kappa shape index (κ3) is 4.07. The molecule has 0 amide bonds. The lowest BCUT2D eigenvalue weighted by molar-refractivity contribution is 0.107. The molecule has 0 aliphatic heterocycles. The Kier molecular flexibility index (Phi) is 6.32. The summed E-state index contributed by atoms with van der Waals surface area (Å²) in [6.45, 7) is 10.8. The molecule has 1 unspecified atom stereocenters. The Hall–Kier alpha value is -0.390. The molecule has 0 aromatic carbocycles. The summed E-state index contributed by atoms with van der Waals surface area (Å²) >= 11 is 3.59. The lowest BCUT2D eigenvalue weighted by atomic mass is 10.1. The van der Waals surface area contributed by atoms with E-state index in [2.05, 4.69) is 40.2 Å². The first kappa shape index (κ1) is 15.7. The third-order valence-corrected chi connectivity index (χ3v) is 4.13. The number of ether oxygens (including phenoxy) is 1. The van der Waals surface area contributed by atoms with Gasteiger partial charge in [-0.1, -0.05) is 13.8 Å². The zero-order valence-electron chi connectivity index (χ0n) is 12.0. The highest BCUT2D eigenvalue weighted by molar-refractivity contribution is 9.10. The van der Waals surface area contributed by atoms with Crippen molar-refractivity contribution in [3.05, 3.63) is 15.9 Å².